The number of nitrogens with two attached hydrogens (primary N) is 1. The quantitative estimate of drug-likeness (QED) is 0.563. The van der Waals surface area contributed by atoms with Crippen molar-refractivity contribution in [2.45, 2.75) is 24.8 Å². The van der Waals surface area contributed by atoms with Gasteiger partial charge in [-0.1, -0.05) is 0 Å². The lowest BCUT2D eigenvalue weighted by Crippen LogP contribution is -2.54. The van der Waals surface area contributed by atoms with E-state index in [2.05, 4.69) is 55.6 Å². The second-order valence-corrected chi connectivity index (χ2v) is 5.71. The van der Waals surface area contributed by atoms with E-state index in [1.165, 1.54) is 19.3 Å². The molecule has 4 N–H and O–H groups in total. The first kappa shape index (κ1) is 13.5. The van der Waals surface area contributed by atoms with Crippen LogP contribution in [-0.4, -0.2) is 41.0 Å². The van der Waals surface area contributed by atoms with Crippen LogP contribution in [0.5, 0.6) is 0 Å². The van der Waals surface area contributed by atoms with Gasteiger partial charge in [0.05, 0.1) is 4.47 Å². The molecule has 1 aliphatic carbocycles. The highest BCUT2D eigenvalue weighted by molar-refractivity contribution is 9.10. The average molecular weight is 315 g/mol. The molecule has 0 atom stereocenters. The summed E-state index contributed by atoms with van der Waals surface area (Å²) in [5.41, 5.74) is 2.70. The molecule has 1 fully saturated rings. The maximum atomic E-state index is 5.31. The largest absolute Gasteiger partial charge is 0.367 e. The highest BCUT2D eigenvalue weighted by atomic mass is 79.9. The fourth-order valence-corrected chi connectivity index (χ4v) is 2.51. The van der Waals surface area contributed by atoms with E-state index in [4.69, 9.17) is 5.84 Å². The number of aromatic nitrogens is 2. The zero-order chi connectivity index (χ0) is 13.2. The van der Waals surface area contributed by atoms with Crippen LogP contribution in [-0.2, 0) is 0 Å². The van der Waals surface area contributed by atoms with E-state index in [0.717, 1.165) is 16.8 Å². The van der Waals surface area contributed by atoms with Gasteiger partial charge in [0.25, 0.3) is 0 Å². The van der Waals surface area contributed by atoms with E-state index in [1.807, 2.05) is 0 Å². The van der Waals surface area contributed by atoms with Crippen molar-refractivity contribution in [3.05, 3.63) is 10.7 Å². The first-order chi connectivity index (χ1) is 8.57. The van der Waals surface area contributed by atoms with Crippen molar-refractivity contribution in [1.29, 1.82) is 0 Å². The number of likely N-dealkylation sites (N-methyl/N-ethyl adjacent to an activating group) is 1. The standard InChI is InChI=1S/C11H19BrN6/c1-18(2)11(4-3-5-11)7-15-9-8(12)6-14-10(16-9)17-13/h6H,3-5,7,13H2,1-2H3,(H2,14,15,16,17). The van der Waals surface area contributed by atoms with Gasteiger partial charge in [-0.25, -0.2) is 10.8 Å². The molecule has 2 rings (SSSR count). The van der Waals surface area contributed by atoms with Gasteiger partial charge in [0.1, 0.15) is 5.82 Å². The molecule has 1 saturated carbocycles. The number of nitrogens with one attached hydrogen (secondary N) is 2. The van der Waals surface area contributed by atoms with Crippen molar-refractivity contribution in [3.63, 3.8) is 0 Å². The Morgan fingerprint density at radius 3 is 2.72 bits per heavy atom. The average Bonchev–Trinajstić information content (AvgIpc) is 2.29. The van der Waals surface area contributed by atoms with Crippen LogP contribution in [0.15, 0.2) is 10.7 Å². The number of halogens is 1. The zero-order valence-corrected chi connectivity index (χ0v) is 12.3. The molecule has 0 amide bonds. The van der Waals surface area contributed by atoms with Crippen molar-refractivity contribution in [2.24, 2.45) is 5.84 Å². The Hall–Kier alpha value is -0.920. The fraction of sp³-hybridized carbons (Fsp3) is 0.636. The maximum absolute atomic E-state index is 5.31. The molecule has 100 valence electrons. The highest BCUT2D eigenvalue weighted by Gasteiger charge is 2.38. The van der Waals surface area contributed by atoms with E-state index in [-0.39, 0.29) is 5.54 Å². The van der Waals surface area contributed by atoms with Gasteiger partial charge in [-0.05, 0) is 49.3 Å². The SMILES string of the molecule is CN(C)C1(CNc2nc(NN)ncc2Br)CCC1. The Bertz CT molecular complexity index is 418. The summed E-state index contributed by atoms with van der Waals surface area (Å²) >= 11 is 3.43. The van der Waals surface area contributed by atoms with Crippen LogP contribution in [0.3, 0.4) is 0 Å². The van der Waals surface area contributed by atoms with E-state index < -0.39 is 0 Å². The first-order valence-electron chi connectivity index (χ1n) is 5.98. The molecular weight excluding hydrogens is 296 g/mol. The summed E-state index contributed by atoms with van der Waals surface area (Å²) in [6.07, 6.45) is 5.42. The predicted molar refractivity (Wildman–Crippen MR) is 76.3 cm³/mol. The third-order valence-electron chi connectivity index (χ3n) is 3.69. The van der Waals surface area contributed by atoms with Crippen LogP contribution in [0.2, 0.25) is 0 Å². The van der Waals surface area contributed by atoms with Crippen molar-refractivity contribution in [2.75, 3.05) is 31.4 Å². The van der Waals surface area contributed by atoms with Crippen LogP contribution in [0.25, 0.3) is 0 Å². The fourth-order valence-electron chi connectivity index (χ4n) is 2.18. The van der Waals surface area contributed by atoms with Gasteiger partial charge >= 0.3 is 0 Å². The molecule has 1 aromatic rings. The van der Waals surface area contributed by atoms with Crippen molar-refractivity contribution in [3.8, 4) is 0 Å². The van der Waals surface area contributed by atoms with Gasteiger partial charge < -0.3 is 10.2 Å². The van der Waals surface area contributed by atoms with E-state index in [0.29, 0.717) is 5.95 Å². The Morgan fingerprint density at radius 2 is 2.22 bits per heavy atom. The number of nitrogen functional groups attached to an aromatic ring is 1. The molecule has 1 aromatic heterocycles. The third kappa shape index (κ3) is 2.57. The van der Waals surface area contributed by atoms with Crippen LogP contribution < -0.4 is 16.6 Å². The molecule has 0 aliphatic heterocycles. The molecule has 0 bridgehead atoms. The minimum atomic E-state index is 0.251. The topological polar surface area (TPSA) is 79.1 Å². The maximum Gasteiger partial charge on any atom is 0.239 e. The first-order valence-corrected chi connectivity index (χ1v) is 6.77. The van der Waals surface area contributed by atoms with Gasteiger partial charge in [-0.15, -0.1) is 0 Å². The number of hydrogen-bond donors (Lipinski definition) is 3. The molecular formula is C11H19BrN6. The van der Waals surface area contributed by atoms with Gasteiger partial charge in [-0.3, -0.25) is 5.43 Å². The molecule has 0 radical (unpaired) electrons. The lowest BCUT2D eigenvalue weighted by molar-refractivity contribution is 0.0738. The minimum Gasteiger partial charge on any atom is -0.367 e. The number of anilines is 2. The smallest absolute Gasteiger partial charge is 0.239 e. The van der Waals surface area contributed by atoms with Crippen molar-refractivity contribution >= 4 is 27.7 Å². The van der Waals surface area contributed by atoms with Gasteiger partial charge in [0.15, 0.2) is 0 Å². The molecule has 7 heteroatoms. The summed E-state index contributed by atoms with van der Waals surface area (Å²) in [4.78, 5) is 10.6. The van der Waals surface area contributed by atoms with Crippen molar-refractivity contribution < 1.29 is 0 Å². The van der Waals surface area contributed by atoms with E-state index >= 15 is 0 Å². The summed E-state index contributed by atoms with van der Waals surface area (Å²) in [6.45, 7) is 0.875. The summed E-state index contributed by atoms with van der Waals surface area (Å²) in [6, 6.07) is 0. The molecule has 0 unspecified atom stereocenters. The predicted octanol–water partition coefficient (Wildman–Crippen LogP) is 1.42. The monoisotopic (exact) mass is 314 g/mol. The third-order valence-corrected chi connectivity index (χ3v) is 4.27. The Balaban J connectivity index is 2.05. The normalized spacial score (nSPS) is 17.4. The molecule has 6 nitrogen and oxygen atoms in total. The van der Waals surface area contributed by atoms with E-state index in [9.17, 15) is 0 Å². The second kappa shape index (κ2) is 5.38. The van der Waals surface area contributed by atoms with Crippen LogP contribution >= 0.6 is 15.9 Å². The summed E-state index contributed by atoms with van der Waals surface area (Å²) in [7, 11) is 4.26. The van der Waals surface area contributed by atoms with Gasteiger partial charge in [-0.2, -0.15) is 4.98 Å². The Kier molecular flexibility index (Phi) is 4.04. The lowest BCUT2D eigenvalue weighted by Gasteiger charge is -2.47. The minimum absolute atomic E-state index is 0.251. The van der Waals surface area contributed by atoms with Crippen LogP contribution in [0, 0.1) is 0 Å². The molecule has 0 aromatic carbocycles. The summed E-state index contributed by atoms with van der Waals surface area (Å²) in [5, 5.41) is 3.38. The Morgan fingerprint density at radius 1 is 1.50 bits per heavy atom. The molecule has 0 saturated heterocycles. The molecule has 0 spiro atoms. The molecule has 1 aliphatic rings. The van der Waals surface area contributed by atoms with Crippen LogP contribution in [0.4, 0.5) is 11.8 Å². The van der Waals surface area contributed by atoms with Gasteiger partial charge in [0, 0.05) is 18.3 Å². The number of nitrogens with zero attached hydrogens (tertiary/aromatic N) is 3. The second-order valence-electron chi connectivity index (χ2n) is 4.86. The number of hydrogen-bond acceptors (Lipinski definition) is 6. The van der Waals surface area contributed by atoms with Gasteiger partial charge in [0.2, 0.25) is 5.95 Å². The summed E-state index contributed by atoms with van der Waals surface area (Å²) < 4.78 is 0.842. The highest BCUT2D eigenvalue weighted by Crippen LogP contribution is 2.36. The molecule has 18 heavy (non-hydrogen) atoms. The zero-order valence-electron chi connectivity index (χ0n) is 10.7. The molecule has 1 heterocycles. The lowest BCUT2D eigenvalue weighted by atomic mass is 9.75. The number of rotatable bonds is 5. The van der Waals surface area contributed by atoms with E-state index in [1.54, 1.807) is 6.20 Å². The number of hydrazine groups is 1. The summed E-state index contributed by atoms with van der Waals surface area (Å²) in [5.74, 6) is 6.49. The van der Waals surface area contributed by atoms with Crippen LogP contribution in [0.1, 0.15) is 19.3 Å². The van der Waals surface area contributed by atoms with Crippen molar-refractivity contribution in [1.82, 2.24) is 14.9 Å². The Labute approximate surface area is 115 Å².